The first-order valence-electron chi connectivity index (χ1n) is 13.9. The maximum Gasteiger partial charge on any atom is 0.430 e. The summed E-state index contributed by atoms with van der Waals surface area (Å²) in [4.78, 5) is 30.7. The second-order valence-electron chi connectivity index (χ2n) is 10.9. The number of piperidine rings is 2. The minimum absolute atomic E-state index is 0.0978. The number of hydrogen-bond acceptors (Lipinski definition) is 4. The Balaban J connectivity index is 1.33. The second kappa shape index (κ2) is 12.4. The summed E-state index contributed by atoms with van der Waals surface area (Å²) in [6.45, 7) is 4.67. The van der Waals surface area contributed by atoms with Crippen LogP contribution in [0.4, 0.5) is 18.9 Å². The van der Waals surface area contributed by atoms with Crippen molar-refractivity contribution in [1.29, 1.82) is 0 Å². The topological polar surface area (TPSA) is 64.1 Å². The minimum atomic E-state index is -5.13. The van der Waals surface area contributed by atoms with Crippen LogP contribution < -0.4 is 4.90 Å². The molecular formula is C30H37ClF3N3O3. The number of aliphatic hydroxyl groups is 1. The van der Waals surface area contributed by atoms with E-state index in [2.05, 4.69) is 4.90 Å². The van der Waals surface area contributed by atoms with E-state index in [4.69, 9.17) is 11.6 Å². The summed E-state index contributed by atoms with van der Waals surface area (Å²) in [6.07, 6.45) is -1.21. The zero-order chi connectivity index (χ0) is 29.1. The molecule has 40 heavy (non-hydrogen) atoms. The molecule has 2 aliphatic heterocycles. The molecule has 218 valence electrons. The van der Waals surface area contributed by atoms with E-state index in [0.717, 1.165) is 55.1 Å². The number of rotatable bonds is 7. The maximum atomic E-state index is 14.0. The molecule has 0 radical (unpaired) electrons. The van der Waals surface area contributed by atoms with E-state index in [0.29, 0.717) is 41.8 Å². The first-order chi connectivity index (χ1) is 19.0. The van der Waals surface area contributed by atoms with Crippen molar-refractivity contribution >= 4 is 29.1 Å². The Labute approximate surface area is 238 Å². The van der Waals surface area contributed by atoms with E-state index in [1.54, 1.807) is 24.1 Å². The lowest BCUT2D eigenvalue weighted by molar-refractivity contribution is -0.262. The zero-order valence-corrected chi connectivity index (χ0v) is 23.7. The molecule has 1 N–H and O–H groups in total. The van der Waals surface area contributed by atoms with Crippen molar-refractivity contribution < 1.29 is 27.9 Å². The van der Waals surface area contributed by atoms with Crippen molar-refractivity contribution in [1.82, 2.24) is 9.80 Å². The van der Waals surface area contributed by atoms with Crippen LogP contribution in [0, 0.1) is 11.8 Å². The number of likely N-dealkylation sites (tertiary alicyclic amines) is 1. The van der Waals surface area contributed by atoms with E-state index < -0.39 is 23.2 Å². The summed E-state index contributed by atoms with van der Waals surface area (Å²) in [5, 5.41) is 11.1. The number of carbonyl (C=O) groups excluding carboxylic acids is 2. The summed E-state index contributed by atoms with van der Waals surface area (Å²) in [5.74, 6) is -0.693. The summed E-state index contributed by atoms with van der Waals surface area (Å²) in [6, 6.07) is 12.1. The fraction of sp³-hybridized carbons (Fsp3) is 0.533. The monoisotopic (exact) mass is 579 g/mol. The zero-order valence-electron chi connectivity index (χ0n) is 23.0. The third-order valence-electron chi connectivity index (χ3n) is 8.40. The molecular weight excluding hydrogens is 543 g/mol. The van der Waals surface area contributed by atoms with Crippen LogP contribution in [0.15, 0.2) is 48.5 Å². The highest BCUT2D eigenvalue weighted by atomic mass is 35.5. The van der Waals surface area contributed by atoms with Gasteiger partial charge < -0.3 is 19.8 Å². The molecule has 4 rings (SSSR count). The molecule has 2 heterocycles. The molecule has 0 aliphatic carbocycles. The van der Waals surface area contributed by atoms with Crippen LogP contribution in [0.2, 0.25) is 5.02 Å². The molecule has 2 saturated heterocycles. The van der Waals surface area contributed by atoms with Gasteiger partial charge in [-0.1, -0.05) is 48.9 Å². The third kappa shape index (κ3) is 6.10. The summed E-state index contributed by atoms with van der Waals surface area (Å²) in [7, 11) is 1.76. The van der Waals surface area contributed by atoms with Crippen molar-refractivity contribution in [3.63, 3.8) is 0 Å². The normalized spacial score (nSPS) is 18.9. The summed E-state index contributed by atoms with van der Waals surface area (Å²) >= 11 is 6.48. The number of hydrogen-bond donors (Lipinski definition) is 1. The lowest BCUT2D eigenvalue weighted by Gasteiger charge is -2.42. The Morgan fingerprint density at radius 3 is 2.08 bits per heavy atom. The predicted molar refractivity (Wildman–Crippen MR) is 149 cm³/mol. The fourth-order valence-corrected chi connectivity index (χ4v) is 6.29. The largest absolute Gasteiger partial charge is 0.430 e. The molecule has 0 spiro atoms. The molecule has 6 nitrogen and oxygen atoms in total. The van der Waals surface area contributed by atoms with Crippen molar-refractivity contribution in [3.05, 3.63) is 64.7 Å². The van der Waals surface area contributed by atoms with Crippen LogP contribution in [0.3, 0.4) is 0 Å². The molecule has 0 aromatic heterocycles. The highest BCUT2D eigenvalue weighted by molar-refractivity contribution is 6.34. The van der Waals surface area contributed by atoms with Gasteiger partial charge >= 0.3 is 6.18 Å². The number of alkyl halides is 3. The van der Waals surface area contributed by atoms with Crippen LogP contribution in [-0.4, -0.2) is 72.7 Å². The standard InChI is InChI=1S/C30H37ClF3N3O3/c1-3-15-35(2)27(38)25-10-9-24(20-26(25)31)36-16-11-21(12-17-36)22-13-18-37(19-14-22)28(39)29(40,30(32,33)34)23-7-5-4-6-8-23/h4-10,20-22,40H,3,11-19H2,1-2H3/t29-/m1/s1. The highest BCUT2D eigenvalue weighted by Gasteiger charge is 2.62. The van der Waals surface area contributed by atoms with Gasteiger partial charge in [0, 0.05) is 51.0 Å². The van der Waals surface area contributed by atoms with E-state index >= 15 is 0 Å². The number of amides is 2. The number of halogens is 4. The van der Waals surface area contributed by atoms with Gasteiger partial charge in [0.1, 0.15) is 0 Å². The van der Waals surface area contributed by atoms with Gasteiger partial charge in [0.25, 0.3) is 17.4 Å². The Morgan fingerprint density at radius 1 is 0.975 bits per heavy atom. The fourth-order valence-electron chi connectivity index (χ4n) is 6.04. The minimum Gasteiger partial charge on any atom is -0.371 e. The summed E-state index contributed by atoms with van der Waals surface area (Å²) < 4.78 is 41.9. The molecule has 2 amide bonds. The van der Waals surface area contributed by atoms with Crippen molar-refractivity contribution in [3.8, 4) is 0 Å². The van der Waals surface area contributed by atoms with Gasteiger partial charge in [-0.15, -0.1) is 0 Å². The molecule has 2 fully saturated rings. The molecule has 0 saturated carbocycles. The lowest BCUT2D eigenvalue weighted by Crippen LogP contribution is -2.57. The van der Waals surface area contributed by atoms with Gasteiger partial charge in [-0.3, -0.25) is 9.59 Å². The van der Waals surface area contributed by atoms with Crippen LogP contribution in [0.5, 0.6) is 0 Å². The molecule has 1 atom stereocenters. The summed E-state index contributed by atoms with van der Waals surface area (Å²) in [5.41, 5.74) is -2.57. The Hall–Kier alpha value is -2.78. The number of nitrogens with zero attached hydrogens (tertiary/aromatic N) is 3. The van der Waals surface area contributed by atoms with Crippen LogP contribution in [0.25, 0.3) is 0 Å². The van der Waals surface area contributed by atoms with Crippen LogP contribution in [0.1, 0.15) is 54.9 Å². The second-order valence-corrected chi connectivity index (χ2v) is 11.3. The molecule has 2 aliphatic rings. The molecule has 2 aromatic carbocycles. The Morgan fingerprint density at radius 2 is 1.55 bits per heavy atom. The van der Waals surface area contributed by atoms with Gasteiger partial charge in [-0.25, -0.2) is 0 Å². The molecule has 0 bridgehead atoms. The van der Waals surface area contributed by atoms with Crippen LogP contribution >= 0.6 is 11.6 Å². The lowest BCUT2D eigenvalue weighted by atomic mass is 9.78. The highest BCUT2D eigenvalue weighted by Crippen LogP contribution is 2.42. The number of anilines is 1. The Bertz CT molecular complexity index is 1180. The van der Waals surface area contributed by atoms with Crippen molar-refractivity contribution in [2.45, 2.75) is 50.8 Å². The first kappa shape index (κ1) is 30.2. The molecule has 0 unspecified atom stereocenters. The van der Waals surface area contributed by atoms with Gasteiger partial charge in [-0.05, 0) is 62.1 Å². The van der Waals surface area contributed by atoms with E-state index in [-0.39, 0.29) is 19.0 Å². The van der Waals surface area contributed by atoms with Crippen LogP contribution in [-0.2, 0) is 10.4 Å². The van der Waals surface area contributed by atoms with E-state index in [1.807, 2.05) is 19.1 Å². The van der Waals surface area contributed by atoms with Crippen molar-refractivity contribution in [2.75, 3.05) is 44.7 Å². The smallest absolute Gasteiger partial charge is 0.371 e. The Kier molecular flexibility index (Phi) is 9.35. The number of benzene rings is 2. The third-order valence-corrected chi connectivity index (χ3v) is 8.71. The average Bonchev–Trinajstić information content (AvgIpc) is 2.96. The quantitative estimate of drug-likeness (QED) is 0.455. The van der Waals surface area contributed by atoms with E-state index in [1.165, 1.54) is 12.1 Å². The van der Waals surface area contributed by atoms with Gasteiger partial charge in [0.2, 0.25) is 0 Å². The predicted octanol–water partition coefficient (Wildman–Crippen LogP) is 5.73. The van der Waals surface area contributed by atoms with E-state index in [9.17, 15) is 27.9 Å². The molecule has 10 heteroatoms. The first-order valence-corrected chi connectivity index (χ1v) is 14.3. The average molecular weight is 580 g/mol. The maximum absolute atomic E-state index is 14.0. The van der Waals surface area contributed by atoms with Gasteiger partial charge in [-0.2, -0.15) is 13.2 Å². The SMILES string of the molecule is CCCN(C)C(=O)c1ccc(N2CCC(C3CCN(C(=O)[C@](O)(c4ccccc4)C(F)(F)F)CC3)CC2)cc1Cl. The van der Waals surface area contributed by atoms with Crippen molar-refractivity contribution in [2.24, 2.45) is 11.8 Å². The van der Waals surface area contributed by atoms with Gasteiger partial charge in [0.05, 0.1) is 10.6 Å². The number of carbonyl (C=O) groups is 2. The van der Waals surface area contributed by atoms with Gasteiger partial charge in [0.15, 0.2) is 0 Å². The molecule has 2 aromatic rings.